The van der Waals surface area contributed by atoms with Crippen molar-refractivity contribution in [1.29, 1.82) is 0 Å². The summed E-state index contributed by atoms with van der Waals surface area (Å²) in [6.45, 7) is 0.431. The Kier molecular flexibility index (Phi) is 3.27. The largest absolute Gasteiger partial charge is 0.487 e. The van der Waals surface area contributed by atoms with Gasteiger partial charge >= 0.3 is 0 Å². The molecule has 0 atom stereocenters. The third kappa shape index (κ3) is 2.50. The average molecular weight is 291 g/mol. The van der Waals surface area contributed by atoms with Crippen LogP contribution in [0.2, 0.25) is 5.02 Å². The van der Waals surface area contributed by atoms with Crippen LogP contribution in [-0.2, 0) is 6.61 Å². The lowest BCUT2D eigenvalue weighted by molar-refractivity contribution is 0.308. The van der Waals surface area contributed by atoms with Crippen molar-refractivity contribution >= 4 is 38.8 Å². The fourth-order valence-corrected chi connectivity index (χ4v) is 2.75. The van der Waals surface area contributed by atoms with E-state index in [1.807, 2.05) is 36.4 Å². The Balaban J connectivity index is 1.83. The summed E-state index contributed by atoms with van der Waals surface area (Å²) in [5, 5.41) is 0.698. The molecule has 0 radical (unpaired) electrons. The van der Waals surface area contributed by atoms with Crippen LogP contribution in [0.5, 0.6) is 5.75 Å². The first-order chi connectivity index (χ1) is 9.24. The third-order valence-electron chi connectivity index (χ3n) is 2.78. The van der Waals surface area contributed by atoms with Gasteiger partial charge in [-0.1, -0.05) is 23.7 Å². The Hall–Kier alpha value is -1.78. The first-order valence-corrected chi connectivity index (χ1v) is 6.99. The molecule has 0 amide bonds. The maximum absolute atomic E-state index is 6.05. The Morgan fingerprint density at radius 3 is 3.00 bits per heavy atom. The molecule has 0 bridgehead atoms. The van der Waals surface area contributed by atoms with E-state index in [9.17, 15) is 0 Å². The van der Waals surface area contributed by atoms with Gasteiger partial charge in [0.1, 0.15) is 23.6 Å². The van der Waals surface area contributed by atoms with Crippen molar-refractivity contribution in [3.05, 3.63) is 52.5 Å². The highest BCUT2D eigenvalue weighted by Crippen LogP contribution is 2.32. The van der Waals surface area contributed by atoms with Gasteiger partial charge in [-0.3, -0.25) is 0 Å². The number of nitrogens with zero attached hydrogens (tertiary/aromatic N) is 1. The van der Waals surface area contributed by atoms with E-state index in [1.165, 1.54) is 0 Å². The standard InChI is InChI=1S/C14H11ClN2OS/c15-10-3-1-2-9(6-10)7-18-11-4-5-12-14(13(11)16)17-8-19-12/h1-6,8H,7,16H2. The van der Waals surface area contributed by atoms with Gasteiger partial charge in [-0.25, -0.2) is 4.98 Å². The quantitative estimate of drug-likeness (QED) is 0.738. The average Bonchev–Trinajstić information content (AvgIpc) is 2.87. The van der Waals surface area contributed by atoms with Crippen LogP contribution in [0.15, 0.2) is 41.9 Å². The van der Waals surface area contributed by atoms with E-state index in [0.29, 0.717) is 23.1 Å². The van der Waals surface area contributed by atoms with Crippen molar-refractivity contribution in [3.63, 3.8) is 0 Å². The van der Waals surface area contributed by atoms with E-state index in [1.54, 1.807) is 16.8 Å². The van der Waals surface area contributed by atoms with Crippen LogP contribution in [0.4, 0.5) is 5.69 Å². The highest BCUT2D eigenvalue weighted by atomic mass is 35.5. The molecule has 0 aliphatic carbocycles. The number of aromatic nitrogens is 1. The number of rotatable bonds is 3. The van der Waals surface area contributed by atoms with E-state index in [2.05, 4.69) is 4.98 Å². The van der Waals surface area contributed by atoms with Gasteiger partial charge in [0.15, 0.2) is 0 Å². The molecular weight excluding hydrogens is 280 g/mol. The number of nitrogen functional groups attached to an aromatic ring is 1. The van der Waals surface area contributed by atoms with Crippen molar-refractivity contribution in [2.24, 2.45) is 0 Å². The van der Waals surface area contributed by atoms with Crippen molar-refractivity contribution < 1.29 is 4.74 Å². The fourth-order valence-electron chi connectivity index (χ4n) is 1.85. The Labute approximate surface area is 119 Å². The van der Waals surface area contributed by atoms with Crippen LogP contribution in [0, 0.1) is 0 Å². The van der Waals surface area contributed by atoms with Crippen molar-refractivity contribution in [2.45, 2.75) is 6.61 Å². The topological polar surface area (TPSA) is 48.1 Å². The van der Waals surface area contributed by atoms with Gasteiger partial charge in [0.25, 0.3) is 0 Å². The number of halogens is 1. The Morgan fingerprint density at radius 2 is 2.16 bits per heavy atom. The summed E-state index contributed by atoms with van der Waals surface area (Å²) in [4.78, 5) is 4.24. The molecule has 3 aromatic rings. The SMILES string of the molecule is Nc1c(OCc2cccc(Cl)c2)ccc2scnc12. The second-order valence-corrected chi connectivity index (χ2v) is 5.42. The van der Waals surface area contributed by atoms with E-state index in [0.717, 1.165) is 15.8 Å². The minimum Gasteiger partial charge on any atom is -0.487 e. The molecule has 2 aromatic carbocycles. The van der Waals surface area contributed by atoms with Crippen LogP contribution in [0.3, 0.4) is 0 Å². The molecule has 0 fully saturated rings. The van der Waals surface area contributed by atoms with Gasteiger partial charge in [-0.15, -0.1) is 11.3 Å². The molecule has 5 heteroatoms. The predicted octanol–water partition coefficient (Wildman–Crippen LogP) is 4.11. The van der Waals surface area contributed by atoms with Crippen LogP contribution >= 0.6 is 22.9 Å². The smallest absolute Gasteiger partial charge is 0.145 e. The van der Waals surface area contributed by atoms with Gasteiger partial charge in [0.05, 0.1) is 10.2 Å². The number of thiazole rings is 1. The molecule has 0 saturated heterocycles. The zero-order valence-corrected chi connectivity index (χ0v) is 11.5. The van der Waals surface area contributed by atoms with Gasteiger partial charge in [-0.05, 0) is 29.8 Å². The summed E-state index contributed by atoms with van der Waals surface area (Å²) in [6, 6.07) is 11.4. The van der Waals surface area contributed by atoms with Crippen molar-refractivity contribution in [2.75, 3.05) is 5.73 Å². The second-order valence-electron chi connectivity index (χ2n) is 4.10. The number of hydrogen-bond acceptors (Lipinski definition) is 4. The highest BCUT2D eigenvalue weighted by Gasteiger charge is 2.08. The van der Waals surface area contributed by atoms with Crippen molar-refractivity contribution in [3.8, 4) is 5.75 Å². The van der Waals surface area contributed by atoms with Crippen LogP contribution in [-0.4, -0.2) is 4.98 Å². The monoisotopic (exact) mass is 290 g/mol. The lowest BCUT2D eigenvalue weighted by Crippen LogP contribution is -1.99. The first-order valence-electron chi connectivity index (χ1n) is 5.73. The summed E-state index contributed by atoms with van der Waals surface area (Å²) in [5.41, 5.74) is 10.2. The van der Waals surface area contributed by atoms with Crippen LogP contribution in [0.25, 0.3) is 10.2 Å². The molecule has 1 heterocycles. The lowest BCUT2D eigenvalue weighted by Gasteiger charge is -2.09. The molecule has 0 unspecified atom stereocenters. The molecule has 0 aliphatic rings. The van der Waals surface area contributed by atoms with Crippen LogP contribution < -0.4 is 10.5 Å². The number of anilines is 1. The zero-order chi connectivity index (χ0) is 13.2. The first kappa shape index (κ1) is 12.3. The number of benzene rings is 2. The Morgan fingerprint density at radius 1 is 1.26 bits per heavy atom. The Bertz CT molecular complexity index is 726. The molecule has 3 nitrogen and oxygen atoms in total. The number of nitrogens with two attached hydrogens (primary N) is 1. The number of ether oxygens (including phenoxy) is 1. The van der Waals surface area contributed by atoms with E-state index < -0.39 is 0 Å². The number of hydrogen-bond donors (Lipinski definition) is 1. The second kappa shape index (κ2) is 5.07. The summed E-state index contributed by atoms with van der Waals surface area (Å²) in [5.74, 6) is 0.651. The molecule has 19 heavy (non-hydrogen) atoms. The highest BCUT2D eigenvalue weighted by molar-refractivity contribution is 7.16. The summed E-state index contributed by atoms with van der Waals surface area (Å²) >= 11 is 7.49. The van der Waals surface area contributed by atoms with Gasteiger partial charge < -0.3 is 10.5 Å². The predicted molar refractivity (Wildman–Crippen MR) is 79.8 cm³/mol. The third-order valence-corrected chi connectivity index (χ3v) is 3.81. The minimum atomic E-state index is 0.431. The maximum atomic E-state index is 6.05. The molecule has 0 saturated carbocycles. The van der Waals surface area contributed by atoms with Gasteiger partial charge in [0, 0.05) is 5.02 Å². The van der Waals surface area contributed by atoms with E-state index in [4.69, 9.17) is 22.1 Å². The zero-order valence-electron chi connectivity index (χ0n) is 9.97. The molecule has 0 aliphatic heterocycles. The summed E-state index contributed by atoms with van der Waals surface area (Å²) in [7, 11) is 0. The minimum absolute atomic E-state index is 0.431. The van der Waals surface area contributed by atoms with Crippen molar-refractivity contribution in [1.82, 2.24) is 4.98 Å². The lowest BCUT2D eigenvalue weighted by atomic mass is 10.2. The number of fused-ring (bicyclic) bond motifs is 1. The summed E-state index contributed by atoms with van der Waals surface area (Å²) < 4.78 is 6.80. The van der Waals surface area contributed by atoms with Gasteiger partial charge in [0.2, 0.25) is 0 Å². The molecule has 96 valence electrons. The van der Waals surface area contributed by atoms with Gasteiger partial charge in [-0.2, -0.15) is 0 Å². The molecule has 3 rings (SSSR count). The van der Waals surface area contributed by atoms with E-state index >= 15 is 0 Å². The fraction of sp³-hybridized carbons (Fsp3) is 0.0714. The van der Waals surface area contributed by atoms with E-state index in [-0.39, 0.29) is 0 Å². The molecule has 2 N–H and O–H groups in total. The van der Waals surface area contributed by atoms with Crippen LogP contribution in [0.1, 0.15) is 5.56 Å². The maximum Gasteiger partial charge on any atom is 0.145 e. The molecule has 1 aromatic heterocycles. The molecule has 0 spiro atoms. The molecular formula is C14H11ClN2OS. The summed E-state index contributed by atoms with van der Waals surface area (Å²) in [6.07, 6.45) is 0. The normalized spacial score (nSPS) is 10.8.